The number of anilines is 3. The molecule has 246 valence electrons. The lowest BCUT2D eigenvalue weighted by atomic mass is 9.61. The maximum atomic E-state index is 2.56. The van der Waals surface area contributed by atoms with E-state index in [1.165, 1.54) is 83.8 Å². The zero-order chi connectivity index (χ0) is 34.4. The molecule has 0 radical (unpaired) electrons. The van der Waals surface area contributed by atoms with Gasteiger partial charge >= 0.3 is 0 Å². The van der Waals surface area contributed by atoms with Crippen molar-refractivity contribution in [1.82, 2.24) is 0 Å². The standard InChI is InChI=1S/C49H45N/c1-47(2)27-28-48(3,4)46-38(24-16-26-42(46)47)40-30-39-36-22-14-15-25-41(36)49(5,6)43(39)31-45(40)50(33-18-8-7-9-19-33)44-29-32-17-10-11-20-34(32)35-21-12-13-23-37(35)44/h7-26,29-31H,27-28H2,1-6H3. The second kappa shape index (κ2) is 10.9. The highest BCUT2D eigenvalue weighted by molar-refractivity contribution is 6.15. The quantitative estimate of drug-likeness (QED) is 0.172. The van der Waals surface area contributed by atoms with Gasteiger partial charge in [0.05, 0.1) is 11.4 Å². The molecule has 50 heavy (non-hydrogen) atoms. The number of para-hydroxylation sites is 1. The monoisotopic (exact) mass is 647 g/mol. The van der Waals surface area contributed by atoms with Gasteiger partial charge in [-0.3, -0.25) is 0 Å². The fourth-order valence-corrected chi connectivity index (χ4v) is 9.30. The van der Waals surface area contributed by atoms with Crippen molar-refractivity contribution < 1.29 is 0 Å². The Hall–Kier alpha value is -5.14. The van der Waals surface area contributed by atoms with Gasteiger partial charge in [-0.25, -0.2) is 0 Å². The highest BCUT2D eigenvalue weighted by atomic mass is 15.1. The molecule has 1 nitrogen and oxygen atoms in total. The molecule has 0 N–H and O–H groups in total. The number of fused-ring (bicyclic) bond motifs is 7. The van der Waals surface area contributed by atoms with Crippen LogP contribution in [0.3, 0.4) is 0 Å². The summed E-state index contributed by atoms with van der Waals surface area (Å²) < 4.78 is 0. The maximum absolute atomic E-state index is 2.56. The Labute approximate surface area is 297 Å². The predicted molar refractivity (Wildman–Crippen MR) is 214 cm³/mol. The molecule has 0 saturated heterocycles. The van der Waals surface area contributed by atoms with Crippen LogP contribution in [0.25, 0.3) is 43.8 Å². The predicted octanol–water partition coefficient (Wildman–Crippen LogP) is 13.8. The first-order valence-electron chi connectivity index (χ1n) is 18.2. The van der Waals surface area contributed by atoms with Gasteiger partial charge in [0.15, 0.2) is 0 Å². The topological polar surface area (TPSA) is 3.24 Å². The molecular weight excluding hydrogens is 603 g/mol. The lowest BCUT2D eigenvalue weighted by Gasteiger charge is -2.43. The average molecular weight is 648 g/mol. The first kappa shape index (κ1) is 30.9. The van der Waals surface area contributed by atoms with E-state index >= 15 is 0 Å². The van der Waals surface area contributed by atoms with Crippen LogP contribution in [0.4, 0.5) is 17.1 Å². The minimum Gasteiger partial charge on any atom is -0.309 e. The Balaban J connectivity index is 1.44. The van der Waals surface area contributed by atoms with Crippen LogP contribution in [-0.4, -0.2) is 0 Å². The van der Waals surface area contributed by atoms with E-state index in [1.807, 2.05) is 0 Å². The molecule has 0 aliphatic heterocycles. The Kier molecular flexibility index (Phi) is 6.75. The van der Waals surface area contributed by atoms with E-state index in [-0.39, 0.29) is 16.2 Å². The number of benzene rings is 7. The third-order valence-electron chi connectivity index (χ3n) is 12.1. The first-order valence-corrected chi connectivity index (χ1v) is 18.2. The molecule has 0 saturated carbocycles. The summed E-state index contributed by atoms with van der Waals surface area (Å²) in [5.74, 6) is 0. The summed E-state index contributed by atoms with van der Waals surface area (Å²) in [5, 5.41) is 5.06. The van der Waals surface area contributed by atoms with Crippen molar-refractivity contribution in [2.24, 2.45) is 0 Å². The van der Waals surface area contributed by atoms with Gasteiger partial charge in [0.1, 0.15) is 0 Å². The lowest BCUT2D eigenvalue weighted by Crippen LogP contribution is -2.34. The van der Waals surface area contributed by atoms with Crippen molar-refractivity contribution >= 4 is 38.6 Å². The highest BCUT2D eigenvalue weighted by Gasteiger charge is 2.41. The zero-order valence-electron chi connectivity index (χ0n) is 30.1. The summed E-state index contributed by atoms with van der Waals surface area (Å²) in [5.41, 5.74) is 14.7. The molecule has 0 heterocycles. The normalized spacial score (nSPS) is 16.5. The van der Waals surface area contributed by atoms with Crippen LogP contribution in [0.2, 0.25) is 0 Å². The van der Waals surface area contributed by atoms with Crippen molar-refractivity contribution in [2.45, 2.75) is 70.6 Å². The molecule has 2 aliphatic rings. The third-order valence-corrected chi connectivity index (χ3v) is 12.1. The minimum atomic E-state index is -0.135. The molecule has 7 aromatic carbocycles. The van der Waals surface area contributed by atoms with Crippen LogP contribution in [0, 0.1) is 0 Å². The summed E-state index contributed by atoms with van der Waals surface area (Å²) in [7, 11) is 0. The summed E-state index contributed by atoms with van der Waals surface area (Å²) in [6, 6.07) is 52.5. The Morgan fingerprint density at radius 1 is 0.420 bits per heavy atom. The second-order valence-electron chi connectivity index (χ2n) is 16.4. The highest BCUT2D eigenvalue weighted by Crippen LogP contribution is 2.56. The van der Waals surface area contributed by atoms with Gasteiger partial charge in [-0.1, -0.05) is 151 Å². The molecule has 0 aromatic heterocycles. The number of hydrogen-bond donors (Lipinski definition) is 0. The Bertz CT molecular complexity index is 2460. The molecule has 0 unspecified atom stereocenters. The summed E-state index contributed by atoms with van der Waals surface area (Å²) in [6.45, 7) is 14.6. The number of hydrogen-bond acceptors (Lipinski definition) is 1. The van der Waals surface area contributed by atoms with Gasteiger partial charge in [0, 0.05) is 22.1 Å². The fourth-order valence-electron chi connectivity index (χ4n) is 9.30. The third kappa shape index (κ3) is 4.52. The van der Waals surface area contributed by atoms with E-state index in [9.17, 15) is 0 Å². The molecule has 9 rings (SSSR count). The molecule has 1 heteroatoms. The zero-order valence-corrected chi connectivity index (χ0v) is 30.1. The minimum absolute atomic E-state index is 0.0438. The fraction of sp³-hybridized carbons (Fsp3) is 0.224. The van der Waals surface area contributed by atoms with Crippen molar-refractivity contribution in [3.63, 3.8) is 0 Å². The van der Waals surface area contributed by atoms with E-state index in [4.69, 9.17) is 0 Å². The van der Waals surface area contributed by atoms with Gasteiger partial charge in [-0.05, 0) is 109 Å². The van der Waals surface area contributed by atoms with Crippen LogP contribution >= 0.6 is 0 Å². The van der Waals surface area contributed by atoms with E-state index in [2.05, 4.69) is 186 Å². The Morgan fingerprint density at radius 3 is 1.84 bits per heavy atom. The van der Waals surface area contributed by atoms with Crippen LogP contribution < -0.4 is 4.90 Å². The number of rotatable bonds is 4. The Morgan fingerprint density at radius 2 is 1.04 bits per heavy atom. The van der Waals surface area contributed by atoms with Gasteiger partial charge in [0.25, 0.3) is 0 Å². The van der Waals surface area contributed by atoms with Crippen LogP contribution in [-0.2, 0) is 16.2 Å². The summed E-state index contributed by atoms with van der Waals surface area (Å²) >= 11 is 0. The van der Waals surface area contributed by atoms with Crippen molar-refractivity contribution in [3.8, 4) is 22.3 Å². The van der Waals surface area contributed by atoms with Crippen molar-refractivity contribution in [3.05, 3.63) is 162 Å². The SMILES string of the molecule is CC1(C)CCC(C)(C)c2c(-c3cc4c(cc3N(c3ccccc3)c3cc5ccccc5c5ccccc35)C(C)(C)c3ccccc3-4)cccc21. The molecule has 0 spiro atoms. The summed E-state index contributed by atoms with van der Waals surface area (Å²) in [4.78, 5) is 2.56. The lowest BCUT2D eigenvalue weighted by molar-refractivity contribution is 0.333. The van der Waals surface area contributed by atoms with Gasteiger partial charge in [-0.15, -0.1) is 0 Å². The second-order valence-corrected chi connectivity index (χ2v) is 16.4. The van der Waals surface area contributed by atoms with Gasteiger partial charge in [0.2, 0.25) is 0 Å². The van der Waals surface area contributed by atoms with E-state index in [0.29, 0.717) is 0 Å². The number of nitrogens with zero attached hydrogens (tertiary/aromatic N) is 1. The van der Waals surface area contributed by atoms with E-state index < -0.39 is 0 Å². The van der Waals surface area contributed by atoms with Crippen LogP contribution in [0.5, 0.6) is 0 Å². The van der Waals surface area contributed by atoms with Crippen molar-refractivity contribution in [1.29, 1.82) is 0 Å². The smallest absolute Gasteiger partial charge is 0.0546 e. The molecule has 0 atom stereocenters. The van der Waals surface area contributed by atoms with Gasteiger partial charge in [-0.2, -0.15) is 0 Å². The van der Waals surface area contributed by atoms with E-state index in [0.717, 1.165) is 12.1 Å². The van der Waals surface area contributed by atoms with Gasteiger partial charge < -0.3 is 4.90 Å². The average Bonchev–Trinajstić information content (AvgIpc) is 3.35. The largest absolute Gasteiger partial charge is 0.309 e. The maximum Gasteiger partial charge on any atom is 0.0546 e. The van der Waals surface area contributed by atoms with Crippen molar-refractivity contribution in [2.75, 3.05) is 4.90 Å². The van der Waals surface area contributed by atoms with Crippen LogP contribution in [0.1, 0.15) is 76.6 Å². The summed E-state index contributed by atoms with van der Waals surface area (Å²) in [6.07, 6.45) is 2.35. The molecule has 0 bridgehead atoms. The van der Waals surface area contributed by atoms with Crippen LogP contribution in [0.15, 0.2) is 140 Å². The molecule has 0 fully saturated rings. The molecule has 7 aromatic rings. The van der Waals surface area contributed by atoms with E-state index in [1.54, 1.807) is 0 Å². The molecule has 0 amide bonds. The molecular formula is C49H45N. The molecule has 2 aliphatic carbocycles. The first-order chi connectivity index (χ1) is 24.1.